The number of rotatable bonds is 10. The maximum absolute atomic E-state index is 13.8. The number of ether oxygens (including phenoxy) is 1. The lowest BCUT2D eigenvalue weighted by Gasteiger charge is -2.32. The molecule has 0 aromatic heterocycles. The van der Waals surface area contributed by atoms with Gasteiger partial charge in [-0.05, 0) is 48.9 Å². The summed E-state index contributed by atoms with van der Waals surface area (Å²) >= 11 is 12.2. The number of halogens is 2. The van der Waals surface area contributed by atoms with Gasteiger partial charge in [0.15, 0.2) is 0 Å². The number of hydrogen-bond acceptors (Lipinski definition) is 5. The standard InChI is InChI=1S/C26H27Cl2N3O5S/c1-18(26(33)29-2)30(16-19-13-14-21(27)22(28)15-19)25(32)17-31(23-11-7-8-12-24(23)36-3)37(34,35)20-9-5-4-6-10-20/h4-15,18H,16-17H2,1-3H3,(H,29,33). The minimum Gasteiger partial charge on any atom is -0.495 e. The molecule has 0 aliphatic rings. The lowest BCUT2D eigenvalue weighted by molar-refractivity contribution is -0.139. The normalized spacial score (nSPS) is 11.9. The van der Waals surface area contributed by atoms with Gasteiger partial charge in [-0.3, -0.25) is 13.9 Å². The molecule has 0 saturated heterocycles. The van der Waals surface area contributed by atoms with E-state index in [1.165, 1.54) is 31.2 Å². The van der Waals surface area contributed by atoms with Crippen molar-refractivity contribution in [3.8, 4) is 5.75 Å². The van der Waals surface area contributed by atoms with Crippen LogP contribution in [0, 0.1) is 0 Å². The van der Waals surface area contributed by atoms with Gasteiger partial charge in [-0.25, -0.2) is 8.42 Å². The SMILES string of the molecule is CNC(=O)C(C)N(Cc1ccc(Cl)c(Cl)c1)C(=O)CN(c1ccccc1OC)S(=O)(=O)c1ccccc1. The topological polar surface area (TPSA) is 96.0 Å². The Morgan fingerprint density at radius 3 is 2.24 bits per heavy atom. The van der Waals surface area contributed by atoms with Crippen LogP contribution in [0.1, 0.15) is 12.5 Å². The van der Waals surface area contributed by atoms with Crippen LogP contribution in [-0.4, -0.2) is 51.9 Å². The van der Waals surface area contributed by atoms with Gasteiger partial charge in [0, 0.05) is 13.6 Å². The summed E-state index contributed by atoms with van der Waals surface area (Å²) in [6.45, 7) is 0.975. The molecule has 8 nitrogen and oxygen atoms in total. The number of nitrogens with one attached hydrogen (secondary N) is 1. The highest BCUT2D eigenvalue weighted by atomic mass is 35.5. The lowest BCUT2D eigenvalue weighted by Crippen LogP contribution is -2.50. The quantitative estimate of drug-likeness (QED) is 0.395. The minimum absolute atomic E-state index is 0.00379. The van der Waals surface area contributed by atoms with Crippen molar-refractivity contribution in [2.24, 2.45) is 0 Å². The van der Waals surface area contributed by atoms with E-state index in [0.717, 1.165) is 4.31 Å². The summed E-state index contributed by atoms with van der Waals surface area (Å²) in [6, 6.07) is 18.2. The van der Waals surface area contributed by atoms with Crippen LogP contribution in [0.2, 0.25) is 10.0 Å². The highest BCUT2D eigenvalue weighted by molar-refractivity contribution is 7.92. The Bertz CT molecular complexity index is 1370. The van der Waals surface area contributed by atoms with Gasteiger partial charge in [-0.2, -0.15) is 0 Å². The molecule has 0 bridgehead atoms. The largest absolute Gasteiger partial charge is 0.495 e. The highest BCUT2D eigenvalue weighted by Crippen LogP contribution is 2.32. The van der Waals surface area contributed by atoms with Crippen LogP contribution < -0.4 is 14.4 Å². The van der Waals surface area contributed by atoms with E-state index in [0.29, 0.717) is 15.6 Å². The Labute approximate surface area is 226 Å². The average molecular weight is 564 g/mol. The third kappa shape index (κ3) is 6.54. The molecule has 0 radical (unpaired) electrons. The first-order valence-electron chi connectivity index (χ1n) is 11.3. The third-order valence-corrected chi connectivity index (χ3v) is 8.23. The fraction of sp³-hybridized carbons (Fsp3) is 0.231. The number of benzene rings is 3. The number of amides is 2. The molecule has 2 amide bonds. The highest BCUT2D eigenvalue weighted by Gasteiger charge is 2.33. The Morgan fingerprint density at radius 1 is 0.973 bits per heavy atom. The predicted octanol–water partition coefficient (Wildman–Crippen LogP) is 4.36. The van der Waals surface area contributed by atoms with E-state index in [-0.39, 0.29) is 22.9 Å². The third-order valence-electron chi connectivity index (χ3n) is 5.71. The summed E-state index contributed by atoms with van der Waals surface area (Å²) in [5.74, 6) is -0.749. The van der Waals surface area contributed by atoms with Gasteiger partial charge in [0.25, 0.3) is 10.0 Å². The van der Waals surface area contributed by atoms with Crippen LogP contribution in [0.15, 0.2) is 77.7 Å². The van der Waals surface area contributed by atoms with Crippen molar-refractivity contribution in [3.05, 3.63) is 88.4 Å². The van der Waals surface area contributed by atoms with E-state index < -0.39 is 34.4 Å². The molecule has 0 aliphatic carbocycles. The van der Waals surface area contributed by atoms with E-state index in [9.17, 15) is 18.0 Å². The van der Waals surface area contributed by atoms with E-state index in [2.05, 4.69) is 5.32 Å². The molecule has 37 heavy (non-hydrogen) atoms. The smallest absolute Gasteiger partial charge is 0.264 e. The molecule has 3 aromatic rings. The summed E-state index contributed by atoms with van der Waals surface area (Å²) < 4.78 is 33.9. The Balaban J connectivity index is 2.07. The van der Waals surface area contributed by atoms with Gasteiger partial charge < -0.3 is 15.0 Å². The monoisotopic (exact) mass is 563 g/mol. The molecule has 1 atom stereocenters. The van der Waals surface area contributed by atoms with Gasteiger partial charge in [0.1, 0.15) is 18.3 Å². The first kappa shape index (κ1) is 28.3. The zero-order valence-electron chi connectivity index (χ0n) is 20.5. The van der Waals surface area contributed by atoms with E-state index in [4.69, 9.17) is 27.9 Å². The molecule has 0 aliphatic heterocycles. The maximum atomic E-state index is 13.8. The molecule has 0 fully saturated rings. The summed E-state index contributed by atoms with van der Waals surface area (Å²) in [7, 11) is -1.31. The van der Waals surface area contributed by atoms with Crippen LogP contribution in [0.5, 0.6) is 5.75 Å². The number of likely N-dealkylation sites (N-methyl/N-ethyl adjacent to an activating group) is 1. The number of hydrogen-bond donors (Lipinski definition) is 1. The average Bonchev–Trinajstić information content (AvgIpc) is 2.91. The summed E-state index contributed by atoms with van der Waals surface area (Å²) in [4.78, 5) is 27.6. The molecule has 3 aromatic carbocycles. The van der Waals surface area contributed by atoms with Gasteiger partial charge in [0.05, 0.1) is 27.7 Å². The molecular weight excluding hydrogens is 537 g/mol. The molecular formula is C26H27Cl2N3O5S. The van der Waals surface area contributed by atoms with Crippen molar-refractivity contribution in [1.82, 2.24) is 10.2 Å². The number of para-hydroxylation sites is 2. The van der Waals surface area contributed by atoms with Gasteiger partial charge in [-0.1, -0.05) is 59.6 Å². The molecule has 196 valence electrons. The van der Waals surface area contributed by atoms with Crippen LogP contribution in [-0.2, 0) is 26.2 Å². The zero-order chi connectivity index (χ0) is 27.2. The number of methoxy groups -OCH3 is 1. The van der Waals surface area contributed by atoms with E-state index >= 15 is 0 Å². The van der Waals surface area contributed by atoms with Crippen molar-refractivity contribution in [1.29, 1.82) is 0 Å². The molecule has 1 N–H and O–H groups in total. The molecule has 1 unspecified atom stereocenters. The Kier molecular flexibility index (Phi) is 9.42. The second-order valence-electron chi connectivity index (χ2n) is 8.06. The fourth-order valence-electron chi connectivity index (χ4n) is 3.70. The van der Waals surface area contributed by atoms with Crippen LogP contribution in [0.3, 0.4) is 0 Å². The number of carbonyl (C=O) groups is 2. The molecule has 11 heteroatoms. The first-order valence-corrected chi connectivity index (χ1v) is 13.5. The molecule has 0 spiro atoms. The zero-order valence-corrected chi connectivity index (χ0v) is 22.8. The Morgan fingerprint density at radius 2 is 1.62 bits per heavy atom. The van der Waals surface area contributed by atoms with Crippen molar-refractivity contribution in [2.45, 2.75) is 24.4 Å². The molecule has 0 heterocycles. The van der Waals surface area contributed by atoms with Gasteiger partial charge in [0.2, 0.25) is 11.8 Å². The van der Waals surface area contributed by atoms with Crippen LogP contribution in [0.4, 0.5) is 5.69 Å². The predicted molar refractivity (Wildman–Crippen MR) is 145 cm³/mol. The maximum Gasteiger partial charge on any atom is 0.264 e. The minimum atomic E-state index is -4.19. The van der Waals surface area contributed by atoms with Gasteiger partial charge in [-0.15, -0.1) is 0 Å². The number of carbonyl (C=O) groups excluding carboxylic acids is 2. The van der Waals surface area contributed by atoms with E-state index in [1.54, 1.807) is 67.6 Å². The summed E-state index contributed by atoms with van der Waals surface area (Å²) in [5.41, 5.74) is 0.803. The molecule has 0 saturated carbocycles. The molecule has 3 rings (SSSR count). The second-order valence-corrected chi connectivity index (χ2v) is 10.7. The lowest BCUT2D eigenvalue weighted by atomic mass is 10.1. The number of sulfonamides is 1. The summed E-state index contributed by atoms with van der Waals surface area (Å²) in [5, 5.41) is 3.17. The van der Waals surface area contributed by atoms with E-state index in [1.807, 2.05) is 0 Å². The van der Waals surface area contributed by atoms with Crippen molar-refractivity contribution in [3.63, 3.8) is 0 Å². The van der Waals surface area contributed by atoms with Gasteiger partial charge >= 0.3 is 0 Å². The van der Waals surface area contributed by atoms with Crippen molar-refractivity contribution < 1.29 is 22.7 Å². The van der Waals surface area contributed by atoms with Crippen LogP contribution in [0.25, 0.3) is 0 Å². The van der Waals surface area contributed by atoms with Crippen molar-refractivity contribution >= 4 is 50.7 Å². The fourth-order valence-corrected chi connectivity index (χ4v) is 5.46. The number of nitrogens with zero attached hydrogens (tertiary/aromatic N) is 2. The summed E-state index contributed by atoms with van der Waals surface area (Å²) in [6.07, 6.45) is 0. The van der Waals surface area contributed by atoms with Crippen molar-refractivity contribution in [2.75, 3.05) is 25.0 Å². The first-order chi connectivity index (χ1) is 17.6. The second kappa shape index (κ2) is 12.3. The van der Waals surface area contributed by atoms with Crippen LogP contribution >= 0.6 is 23.2 Å². The number of anilines is 1. The Hall–Kier alpha value is -3.27.